The number of halogens is 1. The average Bonchev–Trinajstić information content (AvgIpc) is 2.83. The van der Waals surface area contributed by atoms with Gasteiger partial charge in [0.1, 0.15) is 11.6 Å². The van der Waals surface area contributed by atoms with Gasteiger partial charge < -0.3 is 14.5 Å². The first-order chi connectivity index (χ1) is 15.1. The molecule has 0 radical (unpaired) electrons. The third kappa shape index (κ3) is 4.91. The van der Waals surface area contributed by atoms with Crippen molar-refractivity contribution in [1.29, 1.82) is 0 Å². The summed E-state index contributed by atoms with van der Waals surface area (Å²) >= 11 is 0. The van der Waals surface area contributed by atoms with Crippen LogP contribution in [-0.2, 0) is 4.79 Å². The van der Waals surface area contributed by atoms with E-state index in [2.05, 4.69) is 0 Å². The van der Waals surface area contributed by atoms with Gasteiger partial charge in [0, 0.05) is 37.3 Å². The van der Waals surface area contributed by atoms with Crippen molar-refractivity contribution in [3.05, 3.63) is 95.8 Å². The first-order valence-electron chi connectivity index (χ1n) is 10.2. The van der Waals surface area contributed by atoms with Crippen LogP contribution >= 0.6 is 0 Å². The summed E-state index contributed by atoms with van der Waals surface area (Å²) in [6.45, 7) is 2.10. The van der Waals surface area contributed by atoms with E-state index in [4.69, 9.17) is 4.74 Å². The number of nitrogens with zero attached hydrogens (tertiary/aromatic N) is 2. The van der Waals surface area contributed by atoms with E-state index in [0.29, 0.717) is 48.7 Å². The second-order valence-electron chi connectivity index (χ2n) is 7.33. The van der Waals surface area contributed by atoms with Crippen molar-refractivity contribution in [3.63, 3.8) is 0 Å². The van der Waals surface area contributed by atoms with Gasteiger partial charge >= 0.3 is 0 Å². The minimum absolute atomic E-state index is 0.0593. The molecule has 5 nitrogen and oxygen atoms in total. The van der Waals surface area contributed by atoms with Crippen molar-refractivity contribution in [1.82, 2.24) is 4.90 Å². The van der Waals surface area contributed by atoms with Crippen LogP contribution in [-0.4, -0.2) is 49.4 Å². The van der Waals surface area contributed by atoms with Gasteiger partial charge in [0.15, 0.2) is 12.4 Å². The summed E-state index contributed by atoms with van der Waals surface area (Å²) in [6, 6.07) is 22.5. The number of anilines is 1. The molecule has 3 aromatic rings. The van der Waals surface area contributed by atoms with Crippen molar-refractivity contribution in [3.8, 4) is 5.75 Å². The maximum Gasteiger partial charge on any atom is 0.260 e. The van der Waals surface area contributed by atoms with Gasteiger partial charge in [-0.25, -0.2) is 4.39 Å². The lowest BCUT2D eigenvalue weighted by Gasteiger charge is -2.36. The number of ketones is 1. The van der Waals surface area contributed by atoms with Crippen LogP contribution in [0.3, 0.4) is 0 Å². The Morgan fingerprint density at radius 1 is 0.774 bits per heavy atom. The van der Waals surface area contributed by atoms with E-state index in [9.17, 15) is 14.0 Å². The number of benzene rings is 3. The van der Waals surface area contributed by atoms with Crippen LogP contribution in [0.15, 0.2) is 78.9 Å². The van der Waals surface area contributed by atoms with Crippen LogP contribution in [0, 0.1) is 5.82 Å². The van der Waals surface area contributed by atoms with Crippen LogP contribution < -0.4 is 9.64 Å². The molecule has 1 saturated heterocycles. The Kier molecular flexibility index (Phi) is 6.26. The quantitative estimate of drug-likeness (QED) is 0.572. The summed E-state index contributed by atoms with van der Waals surface area (Å²) in [7, 11) is 0. The molecule has 1 heterocycles. The molecule has 1 aliphatic rings. The first-order valence-corrected chi connectivity index (χ1v) is 10.2. The number of hydrogen-bond donors (Lipinski definition) is 0. The summed E-state index contributed by atoms with van der Waals surface area (Å²) in [4.78, 5) is 28.6. The van der Waals surface area contributed by atoms with Gasteiger partial charge in [-0.3, -0.25) is 9.59 Å². The van der Waals surface area contributed by atoms with Gasteiger partial charge in [-0.2, -0.15) is 0 Å². The van der Waals surface area contributed by atoms with Crippen LogP contribution in [0.25, 0.3) is 0 Å². The molecule has 0 aliphatic carbocycles. The van der Waals surface area contributed by atoms with E-state index >= 15 is 0 Å². The highest BCUT2D eigenvalue weighted by Crippen LogP contribution is 2.20. The van der Waals surface area contributed by atoms with Crippen molar-refractivity contribution in [2.45, 2.75) is 0 Å². The molecule has 3 aromatic carbocycles. The zero-order valence-corrected chi connectivity index (χ0v) is 17.0. The van der Waals surface area contributed by atoms with Crippen molar-refractivity contribution in [2.75, 3.05) is 37.7 Å². The molecule has 6 heteroatoms. The Bertz CT molecular complexity index is 1050. The maximum absolute atomic E-state index is 13.9. The number of piperazine rings is 1. The molecular weight excluding hydrogens is 395 g/mol. The van der Waals surface area contributed by atoms with E-state index in [0.717, 1.165) is 0 Å². The van der Waals surface area contributed by atoms with Crippen LogP contribution in [0.5, 0.6) is 5.75 Å². The molecule has 158 valence electrons. The Morgan fingerprint density at radius 2 is 1.39 bits per heavy atom. The standard InChI is InChI=1S/C25H23FN2O3/c26-22-8-4-5-9-23(22)27-14-16-28(17-15-27)24(29)18-31-21-12-10-20(11-13-21)25(30)19-6-2-1-3-7-19/h1-13H,14-18H2. The van der Waals surface area contributed by atoms with Gasteiger partial charge in [0.25, 0.3) is 5.91 Å². The van der Waals surface area contributed by atoms with Crippen molar-refractivity contribution < 1.29 is 18.7 Å². The first kappa shape index (κ1) is 20.6. The number of ether oxygens (including phenoxy) is 1. The fourth-order valence-electron chi connectivity index (χ4n) is 3.60. The largest absolute Gasteiger partial charge is 0.484 e. The average molecular weight is 418 g/mol. The molecule has 1 aliphatic heterocycles. The number of carbonyl (C=O) groups excluding carboxylic acids is 2. The topological polar surface area (TPSA) is 49.9 Å². The number of para-hydroxylation sites is 1. The van der Waals surface area contributed by atoms with Crippen LogP contribution in [0.4, 0.5) is 10.1 Å². The normalized spacial score (nSPS) is 13.7. The Balaban J connectivity index is 1.27. The highest BCUT2D eigenvalue weighted by atomic mass is 19.1. The van der Waals surface area contributed by atoms with Crippen molar-refractivity contribution >= 4 is 17.4 Å². The second-order valence-corrected chi connectivity index (χ2v) is 7.33. The van der Waals surface area contributed by atoms with Crippen molar-refractivity contribution in [2.24, 2.45) is 0 Å². The Hall–Kier alpha value is -3.67. The molecule has 1 amide bonds. The molecule has 0 atom stereocenters. The third-order valence-corrected chi connectivity index (χ3v) is 5.34. The Morgan fingerprint density at radius 3 is 2.06 bits per heavy atom. The smallest absolute Gasteiger partial charge is 0.260 e. The molecule has 0 unspecified atom stereocenters. The summed E-state index contributed by atoms with van der Waals surface area (Å²) in [5.74, 6) is 0.108. The fraction of sp³-hybridized carbons (Fsp3) is 0.200. The van der Waals surface area contributed by atoms with Gasteiger partial charge in [-0.05, 0) is 36.4 Å². The fourth-order valence-corrected chi connectivity index (χ4v) is 3.60. The minimum Gasteiger partial charge on any atom is -0.484 e. The van der Waals surface area contributed by atoms with E-state index < -0.39 is 0 Å². The van der Waals surface area contributed by atoms with E-state index in [1.54, 1.807) is 53.4 Å². The molecule has 0 saturated carbocycles. The summed E-state index contributed by atoms with van der Waals surface area (Å²) in [6.07, 6.45) is 0. The molecule has 0 aromatic heterocycles. The summed E-state index contributed by atoms with van der Waals surface area (Å²) in [5.41, 5.74) is 1.76. The molecular formula is C25H23FN2O3. The van der Waals surface area contributed by atoms with Gasteiger partial charge in [-0.1, -0.05) is 42.5 Å². The highest BCUT2D eigenvalue weighted by Gasteiger charge is 2.23. The van der Waals surface area contributed by atoms with Gasteiger partial charge in [0.2, 0.25) is 0 Å². The summed E-state index contributed by atoms with van der Waals surface area (Å²) < 4.78 is 19.6. The molecule has 31 heavy (non-hydrogen) atoms. The molecule has 0 bridgehead atoms. The highest BCUT2D eigenvalue weighted by molar-refractivity contribution is 6.08. The minimum atomic E-state index is -0.250. The molecule has 4 rings (SSSR count). The number of carbonyl (C=O) groups is 2. The monoisotopic (exact) mass is 418 g/mol. The summed E-state index contributed by atoms with van der Waals surface area (Å²) in [5, 5.41) is 0. The lowest BCUT2D eigenvalue weighted by molar-refractivity contribution is -0.133. The molecule has 0 spiro atoms. The predicted molar refractivity (Wildman–Crippen MR) is 117 cm³/mol. The SMILES string of the molecule is O=C(c1ccccc1)c1ccc(OCC(=O)N2CCN(c3ccccc3F)CC2)cc1. The number of amides is 1. The number of hydrogen-bond acceptors (Lipinski definition) is 4. The van der Waals surface area contributed by atoms with Gasteiger partial charge in [0.05, 0.1) is 5.69 Å². The van der Waals surface area contributed by atoms with E-state index in [1.165, 1.54) is 6.07 Å². The predicted octanol–water partition coefficient (Wildman–Crippen LogP) is 3.78. The van der Waals surface area contributed by atoms with Crippen LogP contribution in [0.1, 0.15) is 15.9 Å². The lowest BCUT2D eigenvalue weighted by Crippen LogP contribution is -2.50. The maximum atomic E-state index is 13.9. The van der Waals surface area contributed by atoms with E-state index in [-0.39, 0.29) is 24.1 Å². The Labute approximate surface area is 180 Å². The second kappa shape index (κ2) is 9.43. The van der Waals surface area contributed by atoms with Gasteiger partial charge in [-0.15, -0.1) is 0 Å². The van der Waals surface area contributed by atoms with Crippen LogP contribution in [0.2, 0.25) is 0 Å². The third-order valence-electron chi connectivity index (χ3n) is 5.34. The lowest BCUT2D eigenvalue weighted by atomic mass is 10.0. The zero-order chi connectivity index (χ0) is 21.6. The molecule has 1 fully saturated rings. The number of rotatable bonds is 6. The molecule has 0 N–H and O–H groups in total. The zero-order valence-electron chi connectivity index (χ0n) is 17.0. The van der Waals surface area contributed by atoms with E-state index in [1.807, 2.05) is 29.2 Å².